The standard InChI is InChI=1S/C26H18FN5O3S/c1-16-7-3-5-9-21(16)32-25-24(20(14-28)30-32)29-15-31(26(25)33)22-12-11-17(13-19(22)27)18-8-4-6-10-23(18)36(2,34)35/h3-13,15H,1-2H3. The molecule has 0 bridgehead atoms. The van der Waals surface area contributed by atoms with E-state index in [9.17, 15) is 18.5 Å². The average Bonchev–Trinajstić information content (AvgIpc) is 3.24. The summed E-state index contributed by atoms with van der Waals surface area (Å²) in [5.41, 5.74) is 1.54. The molecule has 2 heterocycles. The van der Waals surface area contributed by atoms with E-state index in [1.807, 2.05) is 25.1 Å². The molecule has 10 heteroatoms. The zero-order valence-electron chi connectivity index (χ0n) is 19.2. The van der Waals surface area contributed by atoms with Crippen molar-refractivity contribution in [1.82, 2.24) is 19.3 Å². The number of benzene rings is 3. The summed E-state index contributed by atoms with van der Waals surface area (Å²) < 4.78 is 42.2. The molecular weight excluding hydrogens is 481 g/mol. The van der Waals surface area contributed by atoms with Crippen LogP contribution in [-0.4, -0.2) is 34.0 Å². The van der Waals surface area contributed by atoms with E-state index in [0.29, 0.717) is 16.8 Å². The molecule has 0 unspecified atom stereocenters. The minimum absolute atomic E-state index is 0.0225. The van der Waals surface area contributed by atoms with Crippen LogP contribution in [0.5, 0.6) is 0 Å². The van der Waals surface area contributed by atoms with E-state index in [4.69, 9.17) is 0 Å². The first-order chi connectivity index (χ1) is 17.2. The van der Waals surface area contributed by atoms with Crippen LogP contribution in [-0.2, 0) is 9.84 Å². The van der Waals surface area contributed by atoms with Crippen LogP contribution in [0.1, 0.15) is 11.3 Å². The number of hydrogen-bond acceptors (Lipinski definition) is 6. The summed E-state index contributed by atoms with van der Waals surface area (Å²) in [6, 6.07) is 19.6. The van der Waals surface area contributed by atoms with Gasteiger partial charge in [-0.25, -0.2) is 22.5 Å². The van der Waals surface area contributed by atoms with Crippen LogP contribution < -0.4 is 5.56 Å². The highest BCUT2D eigenvalue weighted by molar-refractivity contribution is 7.90. The van der Waals surface area contributed by atoms with Gasteiger partial charge in [0.15, 0.2) is 21.0 Å². The molecule has 8 nitrogen and oxygen atoms in total. The van der Waals surface area contributed by atoms with Gasteiger partial charge < -0.3 is 0 Å². The summed E-state index contributed by atoms with van der Waals surface area (Å²) in [7, 11) is -3.55. The van der Waals surface area contributed by atoms with Gasteiger partial charge in [-0.1, -0.05) is 42.5 Å². The van der Waals surface area contributed by atoms with Gasteiger partial charge in [0, 0.05) is 11.8 Å². The maximum Gasteiger partial charge on any atom is 0.284 e. The van der Waals surface area contributed by atoms with E-state index in [1.54, 1.807) is 36.4 Å². The summed E-state index contributed by atoms with van der Waals surface area (Å²) in [6.07, 6.45) is 2.24. The van der Waals surface area contributed by atoms with E-state index in [-0.39, 0.29) is 27.3 Å². The Balaban J connectivity index is 1.71. The van der Waals surface area contributed by atoms with Crippen molar-refractivity contribution in [3.63, 3.8) is 0 Å². The molecule has 0 saturated heterocycles. The highest BCUT2D eigenvalue weighted by Gasteiger charge is 2.21. The summed E-state index contributed by atoms with van der Waals surface area (Å²) in [6.45, 7) is 1.84. The number of sulfone groups is 1. The van der Waals surface area contributed by atoms with Gasteiger partial charge >= 0.3 is 0 Å². The largest absolute Gasteiger partial charge is 0.284 e. The fourth-order valence-electron chi connectivity index (χ4n) is 4.13. The van der Waals surface area contributed by atoms with Gasteiger partial charge in [0.05, 0.1) is 16.3 Å². The first-order valence-corrected chi connectivity index (χ1v) is 12.7. The highest BCUT2D eigenvalue weighted by Crippen LogP contribution is 2.29. The number of para-hydroxylation sites is 1. The Morgan fingerprint density at radius 3 is 2.42 bits per heavy atom. The average molecular weight is 500 g/mol. The predicted molar refractivity (Wildman–Crippen MR) is 132 cm³/mol. The zero-order valence-corrected chi connectivity index (χ0v) is 20.0. The van der Waals surface area contributed by atoms with Gasteiger partial charge in [-0.2, -0.15) is 10.4 Å². The number of nitriles is 1. The van der Waals surface area contributed by atoms with Crippen LogP contribution >= 0.6 is 0 Å². The monoisotopic (exact) mass is 499 g/mol. The third-order valence-corrected chi connectivity index (χ3v) is 6.99. The van der Waals surface area contributed by atoms with Crippen molar-refractivity contribution in [2.24, 2.45) is 0 Å². The molecule has 0 aliphatic rings. The number of nitrogens with zero attached hydrogens (tertiary/aromatic N) is 5. The van der Waals surface area contributed by atoms with E-state index in [2.05, 4.69) is 10.1 Å². The van der Waals surface area contributed by atoms with Crippen LogP contribution in [0.25, 0.3) is 33.5 Å². The third-order valence-electron chi connectivity index (χ3n) is 5.84. The van der Waals surface area contributed by atoms with Gasteiger partial charge in [-0.05, 0) is 42.3 Å². The third kappa shape index (κ3) is 3.76. The Bertz CT molecular complexity index is 1880. The molecule has 0 aliphatic heterocycles. The Labute approximate surface area is 205 Å². The van der Waals surface area contributed by atoms with E-state index < -0.39 is 21.2 Å². The molecule has 0 spiro atoms. The van der Waals surface area contributed by atoms with Crippen LogP contribution in [0.4, 0.5) is 4.39 Å². The normalized spacial score (nSPS) is 11.5. The van der Waals surface area contributed by atoms with Crippen molar-refractivity contribution >= 4 is 20.9 Å². The van der Waals surface area contributed by atoms with Crippen molar-refractivity contribution in [2.75, 3.05) is 6.26 Å². The quantitative estimate of drug-likeness (QED) is 0.370. The topological polar surface area (TPSA) is 111 Å². The summed E-state index contributed by atoms with van der Waals surface area (Å²) in [5.74, 6) is -0.749. The molecule has 2 aromatic heterocycles. The van der Waals surface area contributed by atoms with E-state index in [1.165, 1.54) is 22.9 Å². The van der Waals surface area contributed by atoms with Crippen molar-refractivity contribution < 1.29 is 12.8 Å². The Morgan fingerprint density at radius 1 is 1.00 bits per heavy atom. The zero-order chi connectivity index (χ0) is 25.6. The molecule has 0 radical (unpaired) electrons. The van der Waals surface area contributed by atoms with Gasteiger partial charge in [0.2, 0.25) is 0 Å². The molecule has 5 rings (SSSR count). The van der Waals surface area contributed by atoms with Crippen LogP contribution in [0.15, 0.2) is 82.7 Å². The van der Waals surface area contributed by atoms with E-state index >= 15 is 4.39 Å². The number of hydrogen-bond donors (Lipinski definition) is 0. The summed E-state index contributed by atoms with van der Waals surface area (Å²) in [5, 5.41) is 13.8. The van der Waals surface area contributed by atoms with Crippen LogP contribution in [0.2, 0.25) is 0 Å². The smallest absolute Gasteiger partial charge is 0.266 e. The molecule has 0 fully saturated rings. The second kappa shape index (κ2) is 8.55. The van der Waals surface area contributed by atoms with Gasteiger partial charge in [0.25, 0.3) is 5.56 Å². The molecule has 36 heavy (non-hydrogen) atoms. The number of fused-ring (bicyclic) bond motifs is 1. The first kappa shape index (κ1) is 23.1. The Kier molecular flexibility index (Phi) is 5.50. The van der Waals surface area contributed by atoms with Crippen molar-refractivity contribution in [3.8, 4) is 28.6 Å². The van der Waals surface area contributed by atoms with Crippen LogP contribution in [0, 0.1) is 24.1 Å². The van der Waals surface area contributed by atoms with E-state index in [0.717, 1.165) is 22.7 Å². The minimum atomic E-state index is -3.55. The lowest BCUT2D eigenvalue weighted by Crippen LogP contribution is -2.22. The lowest BCUT2D eigenvalue weighted by molar-refractivity contribution is 0.602. The molecule has 5 aromatic rings. The van der Waals surface area contributed by atoms with Gasteiger partial charge in [0.1, 0.15) is 23.7 Å². The number of aryl methyl sites for hydroxylation is 1. The number of halogens is 1. The molecule has 0 atom stereocenters. The summed E-state index contributed by atoms with van der Waals surface area (Å²) in [4.78, 5) is 17.9. The lowest BCUT2D eigenvalue weighted by Gasteiger charge is -2.12. The number of aromatic nitrogens is 4. The Morgan fingerprint density at radius 2 is 1.72 bits per heavy atom. The fourth-order valence-corrected chi connectivity index (χ4v) is 5.04. The predicted octanol–water partition coefficient (Wildman–Crippen LogP) is 3.96. The molecule has 3 aromatic carbocycles. The first-order valence-electron chi connectivity index (χ1n) is 10.8. The van der Waals surface area contributed by atoms with Gasteiger partial charge in [-0.15, -0.1) is 0 Å². The highest BCUT2D eigenvalue weighted by atomic mass is 32.2. The molecule has 0 amide bonds. The second-order valence-corrected chi connectivity index (χ2v) is 10.2. The molecule has 178 valence electrons. The number of rotatable bonds is 4. The SMILES string of the molecule is Cc1ccccc1-n1nc(C#N)c2ncn(-c3ccc(-c4ccccc4S(C)(=O)=O)cc3F)c(=O)c21. The molecule has 0 N–H and O–H groups in total. The van der Waals surface area contributed by atoms with Crippen molar-refractivity contribution in [3.05, 3.63) is 100 Å². The molecule has 0 aliphatic carbocycles. The minimum Gasteiger partial charge on any atom is -0.266 e. The molecular formula is C26H18FN5O3S. The Hall–Kier alpha value is -4.62. The van der Waals surface area contributed by atoms with Crippen molar-refractivity contribution in [1.29, 1.82) is 5.26 Å². The fraction of sp³-hybridized carbons (Fsp3) is 0.0769. The molecule has 0 saturated carbocycles. The maximum atomic E-state index is 15.4. The maximum absolute atomic E-state index is 15.4. The summed E-state index contributed by atoms with van der Waals surface area (Å²) >= 11 is 0. The second-order valence-electron chi connectivity index (χ2n) is 8.21. The van der Waals surface area contributed by atoms with Gasteiger partial charge in [-0.3, -0.25) is 9.36 Å². The lowest BCUT2D eigenvalue weighted by atomic mass is 10.0. The van der Waals surface area contributed by atoms with Crippen LogP contribution in [0.3, 0.4) is 0 Å². The van der Waals surface area contributed by atoms with Crippen molar-refractivity contribution in [2.45, 2.75) is 11.8 Å².